The zero-order valence-corrected chi connectivity index (χ0v) is 18.6. The third-order valence-corrected chi connectivity index (χ3v) is 6.57. The second-order valence-electron chi connectivity index (χ2n) is 7.81. The molecule has 0 spiro atoms. The highest BCUT2D eigenvalue weighted by atomic mass is 32.1. The summed E-state index contributed by atoms with van der Waals surface area (Å²) in [4.78, 5) is 24.9. The number of rotatable bonds is 6. The summed E-state index contributed by atoms with van der Waals surface area (Å²) in [6.07, 6.45) is 3.20. The Labute approximate surface area is 190 Å². The van der Waals surface area contributed by atoms with Crippen molar-refractivity contribution in [2.45, 2.75) is 25.5 Å². The summed E-state index contributed by atoms with van der Waals surface area (Å²) in [7, 11) is 1.65. The van der Waals surface area contributed by atoms with E-state index in [4.69, 9.17) is 19.1 Å². The van der Waals surface area contributed by atoms with Crippen LogP contribution in [0, 0.1) is 0 Å². The summed E-state index contributed by atoms with van der Waals surface area (Å²) in [5.74, 6) is 1.83. The maximum Gasteiger partial charge on any atom is 0.289 e. The average molecular weight is 449 g/mol. The molecule has 5 rings (SSSR count). The summed E-state index contributed by atoms with van der Waals surface area (Å²) in [5.41, 5.74) is 2.27. The van der Waals surface area contributed by atoms with Crippen LogP contribution in [0.3, 0.4) is 0 Å². The SMILES string of the molecule is COCc1nc(NC2CCN(C(=O)c3ccco3)CC2)c2c(-c3ccccc3)csc2n1. The lowest BCUT2D eigenvalue weighted by Crippen LogP contribution is -2.42. The molecular weight excluding hydrogens is 424 g/mol. The molecule has 1 saturated heterocycles. The maximum absolute atomic E-state index is 12.6. The second-order valence-corrected chi connectivity index (χ2v) is 8.66. The number of ether oxygens (including phenoxy) is 1. The van der Waals surface area contributed by atoms with Crippen LogP contribution in [0.2, 0.25) is 0 Å². The normalized spacial score (nSPS) is 14.7. The number of amides is 1. The minimum atomic E-state index is -0.0514. The number of aromatic nitrogens is 2. The Kier molecular flexibility index (Phi) is 5.87. The van der Waals surface area contributed by atoms with Crippen molar-refractivity contribution in [3.63, 3.8) is 0 Å². The summed E-state index contributed by atoms with van der Waals surface area (Å²) in [6.45, 7) is 1.70. The van der Waals surface area contributed by atoms with Crippen LogP contribution in [0.4, 0.5) is 5.82 Å². The van der Waals surface area contributed by atoms with Crippen LogP contribution < -0.4 is 5.32 Å². The molecule has 4 aromatic rings. The molecule has 0 radical (unpaired) electrons. The van der Waals surface area contributed by atoms with Crippen molar-refractivity contribution in [1.29, 1.82) is 0 Å². The van der Waals surface area contributed by atoms with Crippen molar-refractivity contribution in [3.05, 3.63) is 65.7 Å². The first-order valence-corrected chi connectivity index (χ1v) is 11.5. The van der Waals surface area contributed by atoms with E-state index in [1.807, 2.05) is 23.1 Å². The Morgan fingerprint density at radius 3 is 2.72 bits per heavy atom. The molecule has 0 saturated carbocycles. The number of benzene rings is 1. The Morgan fingerprint density at radius 2 is 2.00 bits per heavy atom. The van der Waals surface area contributed by atoms with Gasteiger partial charge in [-0.15, -0.1) is 11.3 Å². The molecule has 164 valence electrons. The van der Waals surface area contributed by atoms with Crippen molar-refractivity contribution in [2.75, 3.05) is 25.5 Å². The molecule has 7 nitrogen and oxygen atoms in total. The number of carbonyl (C=O) groups excluding carboxylic acids is 1. The Bertz CT molecular complexity index is 1200. The highest BCUT2D eigenvalue weighted by Crippen LogP contribution is 2.37. The first kappa shape index (κ1) is 20.7. The predicted octanol–water partition coefficient (Wildman–Crippen LogP) is 4.81. The zero-order chi connectivity index (χ0) is 21.9. The minimum absolute atomic E-state index is 0.0514. The monoisotopic (exact) mass is 448 g/mol. The molecule has 0 unspecified atom stereocenters. The first-order valence-electron chi connectivity index (χ1n) is 10.6. The molecule has 1 fully saturated rings. The van der Waals surface area contributed by atoms with Crippen LogP contribution in [-0.2, 0) is 11.3 Å². The number of furan rings is 1. The molecule has 0 bridgehead atoms. The smallest absolute Gasteiger partial charge is 0.289 e. The van der Waals surface area contributed by atoms with Gasteiger partial charge in [0.05, 0.1) is 11.6 Å². The van der Waals surface area contributed by atoms with E-state index in [2.05, 4.69) is 22.8 Å². The summed E-state index contributed by atoms with van der Waals surface area (Å²) >= 11 is 1.62. The third-order valence-electron chi connectivity index (χ3n) is 5.69. The number of hydrogen-bond acceptors (Lipinski definition) is 7. The number of thiophene rings is 1. The molecule has 1 amide bonds. The minimum Gasteiger partial charge on any atom is -0.459 e. The van der Waals surface area contributed by atoms with E-state index in [1.54, 1.807) is 30.6 Å². The van der Waals surface area contributed by atoms with Crippen molar-refractivity contribution in [1.82, 2.24) is 14.9 Å². The summed E-state index contributed by atoms with van der Waals surface area (Å²) in [6, 6.07) is 14.0. The van der Waals surface area contributed by atoms with Gasteiger partial charge >= 0.3 is 0 Å². The molecule has 8 heteroatoms. The second kappa shape index (κ2) is 9.10. The van der Waals surface area contributed by atoms with Crippen LogP contribution >= 0.6 is 11.3 Å². The lowest BCUT2D eigenvalue weighted by Gasteiger charge is -2.32. The van der Waals surface area contributed by atoms with E-state index in [0.717, 1.165) is 40.0 Å². The number of fused-ring (bicyclic) bond motifs is 1. The van der Waals surface area contributed by atoms with Gasteiger partial charge in [-0.3, -0.25) is 4.79 Å². The largest absolute Gasteiger partial charge is 0.459 e. The number of nitrogens with zero attached hydrogens (tertiary/aromatic N) is 3. The fraction of sp³-hybridized carbons (Fsp3) is 0.292. The third kappa shape index (κ3) is 4.11. The molecule has 1 aromatic carbocycles. The van der Waals surface area contributed by atoms with Crippen molar-refractivity contribution in [3.8, 4) is 11.1 Å². The molecular formula is C24H24N4O3S. The van der Waals surface area contributed by atoms with Gasteiger partial charge < -0.3 is 19.4 Å². The van der Waals surface area contributed by atoms with Gasteiger partial charge in [0.2, 0.25) is 0 Å². The quantitative estimate of drug-likeness (QED) is 0.456. The highest BCUT2D eigenvalue weighted by molar-refractivity contribution is 7.17. The number of likely N-dealkylation sites (tertiary alicyclic amines) is 1. The van der Waals surface area contributed by atoms with Crippen LogP contribution in [0.5, 0.6) is 0 Å². The van der Waals surface area contributed by atoms with E-state index >= 15 is 0 Å². The van der Waals surface area contributed by atoms with E-state index in [1.165, 1.54) is 6.26 Å². The lowest BCUT2D eigenvalue weighted by molar-refractivity contribution is 0.0686. The molecule has 32 heavy (non-hydrogen) atoms. The van der Waals surface area contributed by atoms with E-state index in [9.17, 15) is 4.79 Å². The summed E-state index contributed by atoms with van der Waals surface area (Å²) in [5, 5.41) is 6.83. The molecule has 0 atom stereocenters. The number of carbonyl (C=O) groups is 1. The fourth-order valence-corrected chi connectivity index (χ4v) is 5.06. The van der Waals surface area contributed by atoms with Gasteiger partial charge in [0.1, 0.15) is 17.3 Å². The van der Waals surface area contributed by atoms with Crippen molar-refractivity contribution < 1.29 is 13.9 Å². The Morgan fingerprint density at radius 1 is 1.19 bits per heavy atom. The van der Waals surface area contributed by atoms with E-state index in [0.29, 0.717) is 31.3 Å². The standard InChI is InChI=1S/C24H24N4O3S/c1-30-14-20-26-22(21-18(15-32-23(21)27-20)16-6-3-2-4-7-16)25-17-9-11-28(12-10-17)24(29)19-8-5-13-31-19/h2-8,13,15,17H,9-12,14H2,1H3,(H,25,26,27). The Balaban J connectivity index is 1.39. The van der Waals surface area contributed by atoms with Gasteiger partial charge in [-0.2, -0.15) is 0 Å². The Hall–Kier alpha value is -3.23. The van der Waals surface area contributed by atoms with Gasteiger partial charge in [0, 0.05) is 37.2 Å². The average Bonchev–Trinajstić information content (AvgIpc) is 3.51. The molecule has 4 heterocycles. The van der Waals surface area contributed by atoms with Crippen LogP contribution in [0.25, 0.3) is 21.3 Å². The molecule has 0 aliphatic carbocycles. The van der Waals surface area contributed by atoms with Gasteiger partial charge in [-0.1, -0.05) is 30.3 Å². The number of hydrogen-bond donors (Lipinski definition) is 1. The number of nitrogens with one attached hydrogen (secondary N) is 1. The number of piperidine rings is 1. The number of methoxy groups -OCH3 is 1. The number of anilines is 1. The first-order chi connectivity index (χ1) is 15.7. The highest BCUT2D eigenvalue weighted by Gasteiger charge is 2.26. The molecule has 1 aliphatic heterocycles. The summed E-state index contributed by atoms with van der Waals surface area (Å²) < 4.78 is 10.6. The van der Waals surface area contributed by atoms with E-state index in [-0.39, 0.29) is 11.9 Å². The van der Waals surface area contributed by atoms with Gasteiger partial charge in [0.15, 0.2) is 11.6 Å². The van der Waals surface area contributed by atoms with Gasteiger partial charge in [-0.05, 0) is 30.5 Å². The van der Waals surface area contributed by atoms with Crippen molar-refractivity contribution in [2.24, 2.45) is 0 Å². The fourth-order valence-electron chi connectivity index (χ4n) is 4.09. The van der Waals surface area contributed by atoms with Crippen LogP contribution in [0.1, 0.15) is 29.2 Å². The molecule has 1 N–H and O–H groups in total. The predicted molar refractivity (Wildman–Crippen MR) is 125 cm³/mol. The van der Waals surface area contributed by atoms with Crippen LogP contribution in [-0.4, -0.2) is 47.0 Å². The topological polar surface area (TPSA) is 80.5 Å². The lowest BCUT2D eigenvalue weighted by atomic mass is 10.0. The van der Waals surface area contributed by atoms with E-state index < -0.39 is 0 Å². The molecule has 1 aliphatic rings. The molecule has 3 aromatic heterocycles. The van der Waals surface area contributed by atoms with Crippen molar-refractivity contribution >= 4 is 33.3 Å². The maximum atomic E-state index is 12.6. The zero-order valence-electron chi connectivity index (χ0n) is 17.8. The van der Waals surface area contributed by atoms with Gasteiger partial charge in [-0.25, -0.2) is 9.97 Å². The van der Waals surface area contributed by atoms with Crippen LogP contribution in [0.15, 0.2) is 58.5 Å². The van der Waals surface area contributed by atoms with Gasteiger partial charge in [0.25, 0.3) is 5.91 Å².